The van der Waals surface area contributed by atoms with Crippen molar-refractivity contribution in [2.24, 2.45) is 29.6 Å². The molecule has 6 amide bonds. The predicted octanol–water partition coefficient (Wildman–Crippen LogP) is 9.21. The molecule has 11 atom stereocenters. The van der Waals surface area contributed by atoms with Crippen LogP contribution in [-0.4, -0.2) is 155 Å². The Morgan fingerprint density at radius 2 is 1.34 bits per heavy atom. The number of benzene rings is 1. The summed E-state index contributed by atoms with van der Waals surface area (Å²) in [6, 6.07) is -0.576. The van der Waals surface area contributed by atoms with Crippen LogP contribution >= 0.6 is 0 Å². The molecule has 2 aliphatic rings. The maximum absolute atomic E-state index is 15.0. The van der Waals surface area contributed by atoms with Gasteiger partial charge in [0, 0.05) is 33.5 Å². The Morgan fingerprint density at radius 1 is 0.767 bits per heavy atom. The van der Waals surface area contributed by atoms with Gasteiger partial charge in [0.1, 0.15) is 42.1 Å². The largest absolute Gasteiger partial charge is 0.497 e. The van der Waals surface area contributed by atoms with Gasteiger partial charge in [-0.1, -0.05) is 171 Å². The maximum Gasteiger partial charge on any atom is 0.329 e. The van der Waals surface area contributed by atoms with E-state index in [4.69, 9.17) is 14.2 Å². The monoisotopic (exact) mass is 1210 g/mol. The number of aliphatic hydroxyl groups is 1. The number of hydrogen-bond acceptors (Lipinski definition) is 13. The van der Waals surface area contributed by atoms with Crippen LogP contribution in [0, 0.1) is 29.6 Å². The minimum absolute atomic E-state index is 0.0816. The topological polar surface area (TPSA) is 247 Å². The molecule has 19 nitrogen and oxygen atoms in total. The molecule has 1 aromatic carbocycles. The Bertz CT molecular complexity index is 2290. The van der Waals surface area contributed by atoms with Crippen molar-refractivity contribution in [1.82, 2.24) is 30.7 Å². The van der Waals surface area contributed by atoms with Gasteiger partial charge in [-0.15, -0.1) is 0 Å². The number of nitrogens with zero attached hydrogens (tertiary/aromatic N) is 3. The molecular weight excluding hydrogens is 1100 g/mol. The number of nitrogens with one attached hydrogen (secondary N) is 3. The quantitative estimate of drug-likeness (QED) is 0.0332. The maximum atomic E-state index is 15.0. The van der Waals surface area contributed by atoms with Crippen molar-refractivity contribution >= 4 is 53.2 Å². The summed E-state index contributed by atoms with van der Waals surface area (Å²) in [5.41, 5.74) is 0.611. The van der Waals surface area contributed by atoms with E-state index in [1.807, 2.05) is 34.6 Å². The standard InChI is InChI=1S/C67H112N6O13/c1-15-17-18-19-20-21-22-23-24-25-26-27-28-29-30-33-56(75)71(12)53(40-44(5)6)63(79)70-59-48(11)85-67(83)54(41-49-34-36-50(84-14)37-35-49)72(13)66(82)52-32-31-38-73(52)65(81)51(39-43(3)4)68-62(78)47(10)60(77)61(45(7)8)86-57(76)42-55(74)58(46(9)16-2)69-64(59)80/h34-37,43-48,51-55,58-59,61,74H,15-33,38-42H2,1-14H3,(H,68,78)(H,69,80)(H,70,79)/t46-,47-,48-,51+,52-,53+,54-,55+,58-,59-,61+/m0/s1. The van der Waals surface area contributed by atoms with Gasteiger partial charge in [0.15, 0.2) is 11.9 Å². The molecular formula is C67H112N6O13. The number of unbranched alkanes of at least 4 members (excludes halogenated alkanes) is 14. The lowest BCUT2D eigenvalue weighted by atomic mass is 9.91. The minimum atomic E-state index is -1.66. The Balaban J connectivity index is 2.06. The molecule has 2 heterocycles. The molecule has 2 saturated heterocycles. The van der Waals surface area contributed by atoms with Gasteiger partial charge in [0.25, 0.3) is 0 Å². The van der Waals surface area contributed by atoms with Gasteiger partial charge < -0.3 is 50.0 Å². The van der Waals surface area contributed by atoms with Crippen LogP contribution in [0.1, 0.15) is 223 Å². The number of ether oxygens (including phenoxy) is 3. The summed E-state index contributed by atoms with van der Waals surface area (Å²) in [6.07, 6.45) is 14.1. The van der Waals surface area contributed by atoms with Gasteiger partial charge in [-0.25, -0.2) is 4.79 Å². The van der Waals surface area contributed by atoms with Gasteiger partial charge in [0.2, 0.25) is 35.4 Å². The molecule has 2 aliphatic heterocycles. The first-order valence-electron chi connectivity index (χ1n) is 32.8. The second-order valence-corrected chi connectivity index (χ2v) is 25.8. The highest BCUT2D eigenvalue weighted by molar-refractivity contribution is 6.05. The van der Waals surface area contributed by atoms with E-state index in [0.29, 0.717) is 30.6 Å². The number of aliphatic hydroxyl groups excluding tert-OH is 1. The van der Waals surface area contributed by atoms with Gasteiger partial charge in [-0.3, -0.25) is 38.4 Å². The van der Waals surface area contributed by atoms with Crippen LogP contribution in [0.25, 0.3) is 0 Å². The van der Waals surface area contributed by atoms with E-state index < -0.39 is 126 Å². The van der Waals surface area contributed by atoms with Crippen LogP contribution in [0.2, 0.25) is 0 Å². The lowest BCUT2D eigenvalue weighted by Gasteiger charge is -2.36. The van der Waals surface area contributed by atoms with Crippen molar-refractivity contribution in [2.75, 3.05) is 27.7 Å². The number of fused-ring (bicyclic) bond motifs is 1. The molecule has 1 aromatic rings. The molecule has 0 unspecified atom stereocenters. The van der Waals surface area contributed by atoms with Crippen molar-refractivity contribution in [2.45, 2.75) is 278 Å². The Kier molecular flexibility index (Phi) is 33.5. The van der Waals surface area contributed by atoms with Gasteiger partial charge in [-0.2, -0.15) is 0 Å². The van der Waals surface area contributed by atoms with E-state index in [-0.39, 0.29) is 56.4 Å². The highest BCUT2D eigenvalue weighted by atomic mass is 16.6. The number of cyclic esters (lactones) is 2. The molecule has 86 heavy (non-hydrogen) atoms. The molecule has 4 N–H and O–H groups in total. The lowest BCUT2D eigenvalue weighted by Crippen LogP contribution is -2.61. The predicted molar refractivity (Wildman–Crippen MR) is 333 cm³/mol. The molecule has 0 spiro atoms. The highest BCUT2D eigenvalue weighted by Crippen LogP contribution is 2.27. The van der Waals surface area contributed by atoms with Crippen LogP contribution in [-0.2, 0) is 59.0 Å². The first kappa shape index (κ1) is 74.7. The molecule has 19 heteroatoms. The number of ketones is 1. The first-order chi connectivity index (χ1) is 40.8. The molecule has 0 saturated carbocycles. The number of rotatable bonds is 29. The summed E-state index contributed by atoms with van der Waals surface area (Å²) in [5.74, 6) is -8.55. The summed E-state index contributed by atoms with van der Waals surface area (Å²) < 4.78 is 17.4. The van der Waals surface area contributed by atoms with Crippen LogP contribution < -0.4 is 20.7 Å². The van der Waals surface area contributed by atoms with Crippen molar-refractivity contribution < 1.29 is 62.5 Å². The normalized spacial score (nSPS) is 24.3. The first-order valence-corrected chi connectivity index (χ1v) is 32.8. The summed E-state index contributed by atoms with van der Waals surface area (Å²) in [6.45, 7) is 19.6. The van der Waals surface area contributed by atoms with Crippen molar-refractivity contribution in [1.29, 1.82) is 0 Å². The third-order valence-corrected chi connectivity index (χ3v) is 17.3. The van der Waals surface area contributed by atoms with E-state index in [1.54, 1.807) is 52.1 Å². The number of likely N-dealkylation sites (N-methyl/N-ethyl adjacent to an activating group) is 2. The van der Waals surface area contributed by atoms with E-state index in [9.17, 15) is 38.7 Å². The third-order valence-electron chi connectivity index (χ3n) is 17.3. The van der Waals surface area contributed by atoms with Crippen LogP contribution in [0.4, 0.5) is 0 Å². The summed E-state index contributed by atoms with van der Waals surface area (Å²) in [4.78, 5) is 135. The number of carbonyl (C=O) groups is 9. The Morgan fingerprint density at radius 3 is 1.86 bits per heavy atom. The Labute approximate surface area is 515 Å². The number of amides is 6. The second kappa shape index (κ2) is 38.6. The molecule has 0 radical (unpaired) electrons. The fourth-order valence-electron chi connectivity index (χ4n) is 11.6. The van der Waals surface area contributed by atoms with Crippen molar-refractivity contribution in [3.63, 3.8) is 0 Å². The number of Topliss-reactive ketones (excluding diaryl/α,β-unsaturated/α-hetero) is 1. The molecule has 0 bridgehead atoms. The molecule has 2 fully saturated rings. The van der Waals surface area contributed by atoms with E-state index in [1.165, 1.54) is 107 Å². The zero-order valence-electron chi connectivity index (χ0n) is 55.1. The molecule has 3 rings (SSSR count). The van der Waals surface area contributed by atoms with Crippen molar-refractivity contribution in [3.8, 4) is 5.75 Å². The molecule has 0 aromatic heterocycles. The van der Waals surface area contributed by atoms with Crippen LogP contribution in [0.5, 0.6) is 5.75 Å². The van der Waals surface area contributed by atoms with E-state index in [2.05, 4.69) is 22.9 Å². The number of carbonyl (C=O) groups excluding carboxylic acids is 9. The van der Waals surface area contributed by atoms with Gasteiger partial charge in [0.05, 0.1) is 31.6 Å². The fourth-order valence-corrected chi connectivity index (χ4v) is 11.6. The summed E-state index contributed by atoms with van der Waals surface area (Å²) >= 11 is 0. The average molecular weight is 1210 g/mol. The lowest BCUT2D eigenvalue weighted by molar-refractivity contribution is -0.163. The van der Waals surface area contributed by atoms with E-state index >= 15 is 9.59 Å². The summed E-state index contributed by atoms with van der Waals surface area (Å²) in [5, 5.41) is 20.3. The Hall–Kier alpha value is -5.59. The number of hydrogen-bond donors (Lipinski definition) is 4. The number of methoxy groups -OCH3 is 1. The van der Waals surface area contributed by atoms with Crippen molar-refractivity contribution in [3.05, 3.63) is 29.8 Å². The second-order valence-electron chi connectivity index (χ2n) is 25.8. The van der Waals surface area contributed by atoms with E-state index in [0.717, 1.165) is 25.7 Å². The highest BCUT2D eigenvalue weighted by Gasteiger charge is 2.45. The zero-order chi connectivity index (χ0) is 64.2. The van der Waals surface area contributed by atoms with Gasteiger partial charge in [-0.05, 0) is 87.3 Å². The van der Waals surface area contributed by atoms with Crippen LogP contribution in [0.3, 0.4) is 0 Å². The molecule has 0 aliphatic carbocycles. The fraction of sp³-hybridized carbons (Fsp3) is 0.776. The minimum Gasteiger partial charge on any atom is -0.497 e. The molecule has 488 valence electrons. The summed E-state index contributed by atoms with van der Waals surface area (Å²) in [7, 11) is 4.53. The third kappa shape index (κ3) is 24.2. The van der Waals surface area contributed by atoms with Gasteiger partial charge >= 0.3 is 11.9 Å². The number of esters is 2. The zero-order valence-corrected chi connectivity index (χ0v) is 55.1. The average Bonchev–Trinajstić information content (AvgIpc) is 4.12. The van der Waals surface area contributed by atoms with Crippen LogP contribution in [0.15, 0.2) is 24.3 Å². The SMILES string of the molecule is CCCCCCCCCCCCCCCCCC(=O)N(C)[C@H](CC(C)C)C(=O)N[C@@H]1C(=O)N[C@@H]([C@@H](C)CC)[C@H](O)CC(=O)O[C@H](C(C)C)C(=O)[C@H](C)C(=O)N[C@H](CC(C)C)C(=O)N2CCC[C@H]2C(=O)N(C)[C@@H](Cc2ccc(OC)cc2)C(=O)O[C@H]1C. The smallest absolute Gasteiger partial charge is 0.329 e.